The van der Waals surface area contributed by atoms with E-state index in [1.165, 1.54) is 16.7 Å². The first-order valence-corrected chi connectivity index (χ1v) is 6.61. The fourth-order valence-corrected chi connectivity index (χ4v) is 2.43. The van der Waals surface area contributed by atoms with E-state index in [0.717, 1.165) is 11.4 Å². The quantitative estimate of drug-likeness (QED) is 0.893. The van der Waals surface area contributed by atoms with Crippen LogP contribution in [0.15, 0.2) is 11.4 Å². The molecule has 7 heteroatoms. The van der Waals surface area contributed by atoms with Crippen molar-refractivity contribution >= 4 is 23.3 Å². The summed E-state index contributed by atoms with van der Waals surface area (Å²) < 4.78 is 0. The molecule has 100 valence electrons. The molecule has 0 saturated carbocycles. The first kappa shape index (κ1) is 13.4. The number of aryl methyl sites for hydroxylation is 2. The van der Waals surface area contributed by atoms with E-state index < -0.39 is 5.97 Å². The number of thiazole rings is 1. The number of anilines is 1. The molecule has 2 aromatic rings. The Bertz CT molecular complexity index is 591. The SMILES string of the molecule is Cc1cc(C)nc(NC(C)c2nc(C(=O)O)cs2)n1. The number of carboxylic acid groups (broad SMARTS) is 1. The van der Waals surface area contributed by atoms with Gasteiger partial charge in [-0.1, -0.05) is 0 Å². The van der Waals surface area contributed by atoms with Crippen LogP contribution < -0.4 is 5.32 Å². The Labute approximate surface area is 114 Å². The summed E-state index contributed by atoms with van der Waals surface area (Å²) in [6, 6.07) is 1.75. The van der Waals surface area contributed by atoms with Gasteiger partial charge >= 0.3 is 5.97 Å². The molecule has 0 aliphatic carbocycles. The summed E-state index contributed by atoms with van der Waals surface area (Å²) in [5.41, 5.74) is 1.83. The van der Waals surface area contributed by atoms with Crippen LogP contribution >= 0.6 is 11.3 Å². The van der Waals surface area contributed by atoms with Gasteiger partial charge in [-0.2, -0.15) is 0 Å². The molecule has 0 spiro atoms. The molecular formula is C12H14N4O2S. The van der Waals surface area contributed by atoms with Crippen molar-refractivity contribution in [2.75, 3.05) is 5.32 Å². The molecular weight excluding hydrogens is 264 g/mol. The van der Waals surface area contributed by atoms with Gasteiger partial charge in [0.05, 0.1) is 6.04 Å². The van der Waals surface area contributed by atoms with Crippen LogP contribution in [0.2, 0.25) is 0 Å². The fourth-order valence-electron chi connectivity index (χ4n) is 1.63. The number of hydrogen-bond acceptors (Lipinski definition) is 6. The van der Waals surface area contributed by atoms with Gasteiger partial charge in [0.15, 0.2) is 5.69 Å². The lowest BCUT2D eigenvalue weighted by atomic mass is 10.3. The molecule has 0 aliphatic heterocycles. The monoisotopic (exact) mass is 278 g/mol. The smallest absolute Gasteiger partial charge is 0.355 e. The molecule has 0 aliphatic rings. The molecule has 0 saturated heterocycles. The normalized spacial score (nSPS) is 12.2. The Morgan fingerprint density at radius 2 is 1.95 bits per heavy atom. The van der Waals surface area contributed by atoms with E-state index in [-0.39, 0.29) is 11.7 Å². The molecule has 0 radical (unpaired) electrons. The summed E-state index contributed by atoms with van der Waals surface area (Å²) in [5, 5.41) is 14.2. The summed E-state index contributed by atoms with van der Waals surface area (Å²) in [6.45, 7) is 5.69. The topological polar surface area (TPSA) is 88.0 Å². The Kier molecular flexibility index (Phi) is 3.75. The van der Waals surface area contributed by atoms with Gasteiger partial charge in [-0.3, -0.25) is 0 Å². The zero-order valence-electron chi connectivity index (χ0n) is 10.8. The Hall–Kier alpha value is -2.02. The lowest BCUT2D eigenvalue weighted by Gasteiger charge is -2.11. The van der Waals surface area contributed by atoms with Crippen LogP contribution in [0.25, 0.3) is 0 Å². The average molecular weight is 278 g/mol. The number of aromatic nitrogens is 3. The van der Waals surface area contributed by atoms with E-state index >= 15 is 0 Å². The Morgan fingerprint density at radius 1 is 1.32 bits per heavy atom. The van der Waals surface area contributed by atoms with E-state index in [4.69, 9.17) is 5.11 Å². The minimum atomic E-state index is -1.02. The van der Waals surface area contributed by atoms with E-state index in [1.54, 1.807) is 0 Å². The van der Waals surface area contributed by atoms with Crippen LogP contribution in [0, 0.1) is 13.8 Å². The second kappa shape index (κ2) is 5.31. The average Bonchev–Trinajstić information content (AvgIpc) is 2.76. The predicted molar refractivity (Wildman–Crippen MR) is 72.6 cm³/mol. The van der Waals surface area contributed by atoms with Crippen molar-refractivity contribution in [1.29, 1.82) is 0 Å². The summed E-state index contributed by atoms with van der Waals surface area (Å²) >= 11 is 1.30. The van der Waals surface area contributed by atoms with Crippen LogP contribution in [-0.4, -0.2) is 26.0 Å². The van der Waals surface area contributed by atoms with Gasteiger partial charge in [0.25, 0.3) is 0 Å². The number of nitrogens with one attached hydrogen (secondary N) is 1. The minimum Gasteiger partial charge on any atom is -0.476 e. The molecule has 19 heavy (non-hydrogen) atoms. The summed E-state index contributed by atoms with van der Waals surface area (Å²) in [4.78, 5) is 23.4. The second-order valence-corrected chi connectivity index (χ2v) is 5.11. The molecule has 1 unspecified atom stereocenters. The van der Waals surface area contributed by atoms with E-state index in [2.05, 4.69) is 20.3 Å². The third-order valence-corrected chi connectivity index (χ3v) is 3.47. The summed E-state index contributed by atoms with van der Waals surface area (Å²) in [6.07, 6.45) is 0. The van der Waals surface area contributed by atoms with Crippen molar-refractivity contribution in [3.63, 3.8) is 0 Å². The number of hydrogen-bond donors (Lipinski definition) is 2. The molecule has 2 N–H and O–H groups in total. The van der Waals surface area contributed by atoms with Crippen molar-refractivity contribution in [3.8, 4) is 0 Å². The van der Waals surface area contributed by atoms with Gasteiger partial charge in [-0.05, 0) is 26.8 Å². The number of carbonyl (C=O) groups is 1. The van der Waals surface area contributed by atoms with E-state index in [0.29, 0.717) is 11.0 Å². The van der Waals surface area contributed by atoms with Crippen LogP contribution in [-0.2, 0) is 0 Å². The molecule has 0 fully saturated rings. The molecule has 1 atom stereocenters. The highest BCUT2D eigenvalue weighted by atomic mass is 32.1. The van der Waals surface area contributed by atoms with Crippen molar-refractivity contribution in [2.24, 2.45) is 0 Å². The molecule has 0 bridgehead atoms. The van der Waals surface area contributed by atoms with Gasteiger partial charge in [-0.25, -0.2) is 19.7 Å². The summed E-state index contributed by atoms with van der Waals surface area (Å²) in [7, 11) is 0. The highest BCUT2D eigenvalue weighted by molar-refractivity contribution is 7.09. The van der Waals surface area contributed by atoms with Crippen LogP contribution in [0.4, 0.5) is 5.95 Å². The largest absolute Gasteiger partial charge is 0.476 e. The predicted octanol–water partition coefficient (Wildman–Crippen LogP) is 2.42. The maximum Gasteiger partial charge on any atom is 0.355 e. The third-order valence-electron chi connectivity index (χ3n) is 2.44. The third kappa shape index (κ3) is 3.25. The molecule has 2 rings (SSSR count). The molecule has 2 aromatic heterocycles. The van der Waals surface area contributed by atoms with Gasteiger partial charge in [-0.15, -0.1) is 11.3 Å². The van der Waals surface area contributed by atoms with Crippen molar-refractivity contribution in [1.82, 2.24) is 15.0 Å². The maximum atomic E-state index is 10.8. The number of aromatic carboxylic acids is 1. The summed E-state index contributed by atoms with van der Waals surface area (Å²) in [5.74, 6) is -0.491. The van der Waals surface area contributed by atoms with Gasteiger partial charge < -0.3 is 10.4 Å². The van der Waals surface area contributed by atoms with Crippen LogP contribution in [0.3, 0.4) is 0 Å². The molecule has 0 amide bonds. The van der Waals surface area contributed by atoms with Gasteiger partial charge in [0.2, 0.25) is 5.95 Å². The second-order valence-electron chi connectivity index (χ2n) is 4.22. The Morgan fingerprint density at radius 3 is 2.47 bits per heavy atom. The Balaban J connectivity index is 2.15. The van der Waals surface area contributed by atoms with Crippen LogP contribution in [0.1, 0.15) is 39.8 Å². The standard InChI is InChI=1S/C12H14N4O2S/c1-6-4-7(2)14-12(13-6)15-8(3)10-16-9(5-19-10)11(17)18/h4-5,8H,1-3H3,(H,17,18)(H,13,14,15). The zero-order valence-corrected chi connectivity index (χ0v) is 11.7. The highest BCUT2D eigenvalue weighted by Crippen LogP contribution is 2.21. The van der Waals surface area contributed by atoms with Gasteiger partial charge in [0, 0.05) is 16.8 Å². The van der Waals surface area contributed by atoms with Gasteiger partial charge in [0.1, 0.15) is 5.01 Å². The lowest BCUT2D eigenvalue weighted by Crippen LogP contribution is -2.10. The maximum absolute atomic E-state index is 10.8. The van der Waals surface area contributed by atoms with E-state index in [1.807, 2.05) is 26.8 Å². The fraction of sp³-hybridized carbons (Fsp3) is 0.333. The van der Waals surface area contributed by atoms with Crippen molar-refractivity contribution in [2.45, 2.75) is 26.8 Å². The number of rotatable bonds is 4. The lowest BCUT2D eigenvalue weighted by molar-refractivity contribution is 0.0691. The molecule has 6 nitrogen and oxygen atoms in total. The molecule has 0 aromatic carbocycles. The number of carboxylic acids is 1. The zero-order chi connectivity index (χ0) is 14.0. The van der Waals surface area contributed by atoms with E-state index in [9.17, 15) is 4.79 Å². The first-order valence-electron chi connectivity index (χ1n) is 5.73. The minimum absolute atomic E-state index is 0.0648. The van der Waals surface area contributed by atoms with Crippen molar-refractivity contribution < 1.29 is 9.90 Å². The van der Waals surface area contributed by atoms with Crippen molar-refractivity contribution in [3.05, 3.63) is 33.5 Å². The number of nitrogens with zero attached hydrogens (tertiary/aromatic N) is 3. The molecule has 2 heterocycles. The first-order chi connectivity index (χ1) is 8.95. The highest BCUT2D eigenvalue weighted by Gasteiger charge is 2.14. The van der Waals surface area contributed by atoms with Crippen LogP contribution in [0.5, 0.6) is 0 Å².